The number of carbonyl (C=O) groups excluding carboxylic acids is 1. The third kappa shape index (κ3) is 6.15. The highest BCUT2D eigenvalue weighted by atomic mass is 127. The summed E-state index contributed by atoms with van der Waals surface area (Å²) in [5.41, 5.74) is 6.24. The number of hydrogen-bond donors (Lipinski definition) is 3. The zero-order valence-electron chi connectivity index (χ0n) is 11.7. The minimum Gasteiger partial charge on any atom is -0.331 e. The van der Waals surface area contributed by atoms with E-state index >= 15 is 0 Å². The quantitative estimate of drug-likeness (QED) is 0.399. The minimum atomic E-state index is -0.0661. The first-order valence-electron chi connectivity index (χ1n) is 6.97. The highest BCUT2D eigenvalue weighted by Crippen LogP contribution is 2.10. The average molecular weight is 418 g/mol. The van der Waals surface area contributed by atoms with Crippen LogP contribution in [0.15, 0.2) is 24.3 Å². The van der Waals surface area contributed by atoms with Gasteiger partial charge in [-0.1, -0.05) is 6.42 Å². The molecular weight excluding hydrogens is 399 g/mol. The highest BCUT2D eigenvalue weighted by Gasteiger charge is 2.13. The molecule has 0 aromatic heterocycles. The summed E-state index contributed by atoms with van der Waals surface area (Å²) in [6.07, 6.45) is 3.61. The van der Waals surface area contributed by atoms with Crippen molar-refractivity contribution in [2.24, 2.45) is 0 Å². The second-order valence-electron chi connectivity index (χ2n) is 4.97. The minimum absolute atomic E-state index is 0.0661. The number of piperidine rings is 1. The van der Waals surface area contributed by atoms with Crippen LogP contribution in [0.5, 0.6) is 0 Å². The number of rotatable bonds is 3. The Labute approximate surface area is 144 Å². The number of nitrogens with one attached hydrogen (secondary N) is 3. The summed E-state index contributed by atoms with van der Waals surface area (Å²) in [6.45, 7) is 2.41. The molecule has 3 N–H and O–H groups in total. The summed E-state index contributed by atoms with van der Waals surface area (Å²) in [7, 11) is 0. The molecule has 1 aliphatic rings. The molecule has 0 atom stereocenters. The molecule has 7 heteroatoms. The zero-order valence-corrected chi connectivity index (χ0v) is 14.7. The van der Waals surface area contributed by atoms with E-state index in [1.165, 1.54) is 19.3 Å². The Hall–Kier alpha value is -0.930. The third-order valence-electron chi connectivity index (χ3n) is 3.23. The molecule has 0 radical (unpaired) electrons. The smallest absolute Gasteiger partial charge is 0.252 e. The number of hydrazine groups is 1. The lowest BCUT2D eigenvalue weighted by atomic mass is 10.1. The van der Waals surface area contributed by atoms with Crippen molar-refractivity contribution in [1.82, 2.24) is 15.8 Å². The van der Waals surface area contributed by atoms with Crippen LogP contribution in [0.4, 0.5) is 5.69 Å². The van der Waals surface area contributed by atoms with E-state index in [1.807, 2.05) is 24.3 Å². The first kappa shape index (κ1) is 16.4. The van der Waals surface area contributed by atoms with Crippen LogP contribution >= 0.6 is 34.8 Å². The number of thiocarbonyl (C=S) groups is 1. The molecule has 1 fully saturated rings. The molecule has 1 heterocycles. The van der Waals surface area contributed by atoms with Crippen molar-refractivity contribution >= 4 is 51.5 Å². The van der Waals surface area contributed by atoms with Gasteiger partial charge in [-0.25, -0.2) is 0 Å². The van der Waals surface area contributed by atoms with E-state index < -0.39 is 0 Å². The van der Waals surface area contributed by atoms with Crippen molar-refractivity contribution in [3.8, 4) is 0 Å². The second-order valence-corrected chi connectivity index (χ2v) is 6.62. The molecule has 1 saturated heterocycles. The van der Waals surface area contributed by atoms with Crippen molar-refractivity contribution in [1.29, 1.82) is 0 Å². The molecule has 1 amide bonds. The number of amides is 1. The summed E-state index contributed by atoms with van der Waals surface area (Å²) >= 11 is 7.38. The fourth-order valence-corrected chi connectivity index (χ4v) is 2.71. The first-order chi connectivity index (χ1) is 10.1. The monoisotopic (exact) mass is 418 g/mol. The van der Waals surface area contributed by atoms with E-state index in [4.69, 9.17) is 12.2 Å². The largest absolute Gasteiger partial charge is 0.331 e. The molecule has 21 heavy (non-hydrogen) atoms. The van der Waals surface area contributed by atoms with Gasteiger partial charge in [0.2, 0.25) is 0 Å². The SMILES string of the molecule is O=C(CN1CCCCC1)NNC(=S)Nc1ccc(I)cc1. The summed E-state index contributed by atoms with van der Waals surface area (Å²) in [5.74, 6) is -0.0661. The van der Waals surface area contributed by atoms with Crippen molar-refractivity contribution in [2.45, 2.75) is 19.3 Å². The molecule has 1 aliphatic heterocycles. The van der Waals surface area contributed by atoms with Gasteiger partial charge in [-0.05, 0) is 85.0 Å². The molecule has 0 aliphatic carbocycles. The standard InChI is InChI=1S/C14H19IN4OS/c15-11-4-6-12(7-5-11)16-14(21)18-17-13(20)10-19-8-2-1-3-9-19/h4-7H,1-3,8-10H2,(H,17,20)(H2,16,18,21). The molecule has 0 saturated carbocycles. The molecular formula is C14H19IN4OS. The molecule has 0 spiro atoms. The van der Waals surface area contributed by atoms with E-state index in [1.54, 1.807) is 0 Å². The van der Waals surface area contributed by atoms with E-state index in [0.29, 0.717) is 11.7 Å². The van der Waals surface area contributed by atoms with Gasteiger partial charge >= 0.3 is 0 Å². The summed E-state index contributed by atoms with van der Waals surface area (Å²) in [5, 5.41) is 3.39. The van der Waals surface area contributed by atoms with Gasteiger partial charge in [-0.3, -0.25) is 20.5 Å². The van der Waals surface area contributed by atoms with Crippen molar-refractivity contribution < 1.29 is 4.79 Å². The number of benzene rings is 1. The van der Waals surface area contributed by atoms with Crippen LogP contribution in [0.3, 0.4) is 0 Å². The Balaban J connectivity index is 1.68. The predicted octanol–water partition coefficient (Wildman–Crippen LogP) is 2.09. The summed E-state index contributed by atoms with van der Waals surface area (Å²) < 4.78 is 1.16. The Morgan fingerprint density at radius 2 is 1.81 bits per heavy atom. The second kappa shape index (κ2) is 8.50. The Morgan fingerprint density at radius 1 is 1.14 bits per heavy atom. The van der Waals surface area contributed by atoms with Gasteiger partial charge in [0, 0.05) is 9.26 Å². The van der Waals surface area contributed by atoms with Crippen molar-refractivity contribution in [3.05, 3.63) is 27.8 Å². The maximum atomic E-state index is 11.8. The lowest BCUT2D eigenvalue weighted by molar-refractivity contribution is -0.123. The molecule has 114 valence electrons. The predicted molar refractivity (Wildman–Crippen MR) is 96.9 cm³/mol. The van der Waals surface area contributed by atoms with E-state index in [2.05, 4.69) is 43.7 Å². The average Bonchev–Trinajstić information content (AvgIpc) is 2.49. The fourth-order valence-electron chi connectivity index (χ4n) is 2.18. The maximum Gasteiger partial charge on any atom is 0.252 e. The fraction of sp³-hybridized carbons (Fsp3) is 0.429. The van der Waals surface area contributed by atoms with Crippen molar-refractivity contribution in [2.75, 3.05) is 25.0 Å². The van der Waals surface area contributed by atoms with Crippen LogP contribution < -0.4 is 16.2 Å². The molecule has 5 nitrogen and oxygen atoms in total. The number of carbonyl (C=O) groups is 1. The van der Waals surface area contributed by atoms with Gasteiger partial charge in [0.1, 0.15) is 0 Å². The van der Waals surface area contributed by atoms with Crippen LogP contribution in [-0.4, -0.2) is 35.6 Å². The Kier molecular flexibility index (Phi) is 6.65. The maximum absolute atomic E-state index is 11.8. The molecule has 1 aromatic carbocycles. The highest BCUT2D eigenvalue weighted by molar-refractivity contribution is 14.1. The topological polar surface area (TPSA) is 56.4 Å². The summed E-state index contributed by atoms with van der Waals surface area (Å²) in [4.78, 5) is 14.0. The normalized spacial score (nSPS) is 15.3. The molecule has 2 rings (SSSR count). The van der Waals surface area contributed by atoms with E-state index in [9.17, 15) is 4.79 Å². The van der Waals surface area contributed by atoms with Crippen LogP contribution in [0.25, 0.3) is 0 Å². The lowest BCUT2D eigenvalue weighted by Crippen LogP contribution is -2.48. The number of likely N-dealkylation sites (tertiary alicyclic amines) is 1. The van der Waals surface area contributed by atoms with Gasteiger partial charge in [-0.2, -0.15) is 0 Å². The number of halogens is 1. The Morgan fingerprint density at radius 3 is 2.48 bits per heavy atom. The van der Waals surface area contributed by atoms with Crippen LogP contribution in [0, 0.1) is 3.57 Å². The van der Waals surface area contributed by atoms with Gasteiger partial charge in [-0.15, -0.1) is 0 Å². The van der Waals surface area contributed by atoms with E-state index in [0.717, 1.165) is 22.3 Å². The van der Waals surface area contributed by atoms with Gasteiger partial charge in [0.15, 0.2) is 5.11 Å². The zero-order chi connectivity index (χ0) is 15.1. The number of anilines is 1. The van der Waals surface area contributed by atoms with Crippen LogP contribution in [0.1, 0.15) is 19.3 Å². The molecule has 0 bridgehead atoms. The molecule has 1 aromatic rings. The van der Waals surface area contributed by atoms with Crippen LogP contribution in [0.2, 0.25) is 0 Å². The third-order valence-corrected chi connectivity index (χ3v) is 4.16. The van der Waals surface area contributed by atoms with E-state index in [-0.39, 0.29) is 5.91 Å². The first-order valence-corrected chi connectivity index (χ1v) is 8.46. The van der Waals surface area contributed by atoms with Crippen LogP contribution in [-0.2, 0) is 4.79 Å². The van der Waals surface area contributed by atoms with Gasteiger partial charge < -0.3 is 5.32 Å². The Bertz CT molecular complexity index is 488. The van der Waals surface area contributed by atoms with Crippen molar-refractivity contribution in [3.63, 3.8) is 0 Å². The summed E-state index contributed by atoms with van der Waals surface area (Å²) in [6, 6.07) is 7.84. The van der Waals surface area contributed by atoms with Gasteiger partial charge in [0.25, 0.3) is 5.91 Å². The number of hydrogen-bond acceptors (Lipinski definition) is 3. The lowest BCUT2D eigenvalue weighted by Gasteiger charge is -2.25. The van der Waals surface area contributed by atoms with Gasteiger partial charge in [0.05, 0.1) is 6.54 Å². The molecule has 0 unspecified atom stereocenters. The number of nitrogens with zero attached hydrogens (tertiary/aromatic N) is 1.